The van der Waals surface area contributed by atoms with Crippen molar-refractivity contribution in [1.82, 2.24) is 5.32 Å². The Morgan fingerprint density at radius 2 is 1.87 bits per heavy atom. The molecule has 0 spiro atoms. The normalized spacial score (nSPS) is 15.7. The van der Waals surface area contributed by atoms with Gasteiger partial charge in [-0.1, -0.05) is 6.92 Å². The first kappa shape index (κ1) is 13.9. The molecular formula is C10H20N2O3. The van der Waals surface area contributed by atoms with Crippen molar-refractivity contribution in [2.24, 2.45) is 11.7 Å². The van der Waals surface area contributed by atoms with Crippen molar-refractivity contribution in [3.63, 3.8) is 0 Å². The van der Waals surface area contributed by atoms with E-state index in [-0.39, 0.29) is 12.5 Å². The second kappa shape index (κ2) is 5.11. The topological polar surface area (TPSA) is 92.4 Å². The van der Waals surface area contributed by atoms with Gasteiger partial charge in [0.15, 0.2) is 0 Å². The van der Waals surface area contributed by atoms with Crippen LogP contribution in [0.1, 0.15) is 34.1 Å². The number of rotatable bonds is 6. The molecule has 0 heterocycles. The molecule has 0 radical (unpaired) electrons. The molecule has 15 heavy (non-hydrogen) atoms. The molecule has 2 unspecified atom stereocenters. The molecule has 2 atom stereocenters. The summed E-state index contributed by atoms with van der Waals surface area (Å²) >= 11 is 0. The van der Waals surface area contributed by atoms with Crippen LogP contribution in [0.25, 0.3) is 0 Å². The summed E-state index contributed by atoms with van der Waals surface area (Å²) in [7, 11) is 0. The number of carbonyl (C=O) groups excluding carboxylic acids is 1. The molecule has 0 fully saturated rings. The van der Waals surface area contributed by atoms with Crippen molar-refractivity contribution in [3.8, 4) is 0 Å². The van der Waals surface area contributed by atoms with Gasteiger partial charge >= 0.3 is 5.97 Å². The molecule has 0 saturated carbocycles. The third-order valence-electron chi connectivity index (χ3n) is 2.37. The molecule has 5 nitrogen and oxygen atoms in total. The smallest absolute Gasteiger partial charge is 0.307 e. The van der Waals surface area contributed by atoms with Crippen LogP contribution in [0.4, 0.5) is 0 Å². The lowest BCUT2D eigenvalue weighted by Gasteiger charge is -2.30. The fourth-order valence-electron chi connectivity index (χ4n) is 1.44. The van der Waals surface area contributed by atoms with Crippen molar-refractivity contribution in [1.29, 1.82) is 0 Å². The van der Waals surface area contributed by atoms with Gasteiger partial charge in [0.05, 0.1) is 5.92 Å². The van der Waals surface area contributed by atoms with Crippen LogP contribution < -0.4 is 11.1 Å². The first-order chi connectivity index (χ1) is 6.65. The van der Waals surface area contributed by atoms with Gasteiger partial charge in [0.2, 0.25) is 5.91 Å². The van der Waals surface area contributed by atoms with Crippen molar-refractivity contribution < 1.29 is 14.7 Å². The largest absolute Gasteiger partial charge is 0.481 e. The molecule has 4 N–H and O–H groups in total. The number of hydrogen-bond acceptors (Lipinski definition) is 3. The predicted octanol–water partition coefficient (Wildman–Crippen LogP) is 0.339. The second-order valence-corrected chi connectivity index (χ2v) is 4.59. The van der Waals surface area contributed by atoms with E-state index >= 15 is 0 Å². The third kappa shape index (κ3) is 5.37. The molecule has 0 aromatic carbocycles. The van der Waals surface area contributed by atoms with Crippen LogP contribution in [0.5, 0.6) is 0 Å². The van der Waals surface area contributed by atoms with Crippen LogP contribution in [-0.2, 0) is 9.59 Å². The Bertz CT molecular complexity index is 251. The highest BCUT2D eigenvalue weighted by atomic mass is 16.4. The number of aliphatic carboxylic acids is 1. The van der Waals surface area contributed by atoms with E-state index in [9.17, 15) is 9.59 Å². The standard InChI is InChI=1S/C10H20N2O3/c1-6(9(14)15)7(2)12-10(3,4)5-8(11)13/h6-7,12H,5H2,1-4H3,(H2,11,13)(H,14,15). The fourth-order valence-corrected chi connectivity index (χ4v) is 1.44. The van der Waals surface area contributed by atoms with E-state index < -0.39 is 23.3 Å². The van der Waals surface area contributed by atoms with Gasteiger partial charge in [0, 0.05) is 18.0 Å². The SMILES string of the molecule is CC(NC(C)(C)CC(N)=O)C(C)C(=O)O. The first-order valence-electron chi connectivity index (χ1n) is 4.94. The average molecular weight is 216 g/mol. The Morgan fingerprint density at radius 1 is 1.40 bits per heavy atom. The van der Waals surface area contributed by atoms with Crippen LogP contribution in [0.3, 0.4) is 0 Å². The monoisotopic (exact) mass is 216 g/mol. The molecule has 0 aliphatic carbocycles. The number of amides is 1. The van der Waals surface area contributed by atoms with Gasteiger partial charge in [-0.3, -0.25) is 9.59 Å². The van der Waals surface area contributed by atoms with Crippen molar-refractivity contribution in [3.05, 3.63) is 0 Å². The van der Waals surface area contributed by atoms with Gasteiger partial charge in [0.1, 0.15) is 0 Å². The molecule has 1 amide bonds. The summed E-state index contributed by atoms with van der Waals surface area (Å²) in [6.45, 7) is 7.05. The third-order valence-corrected chi connectivity index (χ3v) is 2.37. The lowest BCUT2D eigenvalue weighted by atomic mass is 9.95. The molecule has 0 aromatic rings. The zero-order valence-electron chi connectivity index (χ0n) is 9.70. The van der Waals surface area contributed by atoms with Crippen LogP contribution in [0, 0.1) is 5.92 Å². The summed E-state index contributed by atoms with van der Waals surface area (Å²) in [4.78, 5) is 21.5. The van der Waals surface area contributed by atoms with Gasteiger partial charge in [0.25, 0.3) is 0 Å². The highest BCUT2D eigenvalue weighted by molar-refractivity contribution is 5.75. The minimum Gasteiger partial charge on any atom is -0.481 e. The van der Waals surface area contributed by atoms with Crippen LogP contribution in [-0.4, -0.2) is 28.6 Å². The van der Waals surface area contributed by atoms with E-state index in [1.54, 1.807) is 13.8 Å². The average Bonchev–Trinajstić information content (AvgIpc) is 1.98. The molecule has 5 heteroatoms. The zero-order valence-corrected chi connectivity index (χ0v) is 9.70. The number of hydrogen-bond donors (Lipinski definition) is 3. The van der Waals surface area contributed by atoms with Gasteiger partial charge in [-0.05, 0) is 20.8 Å². The summed E-state index contributed by atoms with van der Waals surface area (Å²) in [5.41, 5.74) is 4.62. The zero-order chi connectivity index (χ0) is 12.2. The maximum Gasteiger partial charge on any atom is 0.307 e. The quantitative estimate of drug-likeness (QED) is 0.597. The Hall–Kier alpha value is -1.10. The Morgan fingerprint density at radius 3 is 2.20 bits per heavy atom. The number of carboxylic acid groups (broad SMARTS) is 1. The number of carboxylic acids is 1. The Labute approximate surface area is 90.0 Å². The molecule has 0 aliphatic heterocycles. The van der Waals surface area contributed by atoms with E-state index in [1.165, 1.54) is 0 Å². The highest BCUT2D eigenvalue weighted by Gasteiger charge is 2.27. The van der Waals surface area contributed by atoms with E-state index in [0.717, 1.165) is 0 Å². The minimum atomic E-state index is -0.857. The molecule has 0 bridgehead atoms. The van der Waals surface area contributed by atoms with Crippen LogP contribution >= 0.6 is 0 Å². The van der Waals surface area contributed by atoms with Crippen LogP contribution in [0.15, 0.2) is 0 Å². The summed E-state index contributed by atoms with van der Waals surface area (Å²) < 4.78 is 0. The van der Waals surface area contributed by atoms with E-state index in [1.807, 2.05) is 13.8 Å². The summed E-state index contributed by atoms with van der Waals surface area (Å²) in [5.74, 6) is -1.76. The summed E-state index contributed by atoms with van der Waals surface area (Å²) in [6, 6.07) is -0.211. The molecule has 88 valence electrons. The van der Waals surface area contributed by atoms with E-state index in [2.05, 4.69) is 5.32 Å². The van der Waals surface area contributed by atoms with Crippen molar-refractivity contribution >= 4 is 11.9 Å². The predicted molar refractivity (Wildman–Crippen MR) is 57.3 cm³/mol. The number of nitrogens with two attached hydrogens (primary N) is 1. The molecule has 0 saturated heterocycles. The molecule has 0 aliphatic rings. The van der Waals surface area contributed by atoms with Crippen molar-refractivity contribution in [2.45, 2.75) is 45.7 Å². The number of carbonyl (C=O) groups is 2. The molecule has 0 aromatic heterocycles. The van der Waals surface area contributed by atoms with Crippen LogP contribution in [0.2, 0.25) is 0 Å². The fraction of sp³-hybridized carbons (Fsp3) is 0.800. The van der Waals surface area contributed by atoms with E-state index in [0.29, 0.717) is 0 Å². The molecule has 0 rings (SSSR count). The lowest BCUT2D eigenvalue weighted by Crippen LogP contribution is -2.50. The van der Waals surface area contributed by atoms with E-state index in [4.69, 9.17) is 10.8 Å². The maximum absolute atomic E-state index is 10.8. The Balaban J connectivity index is 4.32. The lowest BCUT2D eigenvalue weighted by molar-refractivity contribution is -0.142. The highest BCUT2D eigenvalue weighted by Crippen LogP contribution is 2.12. The number of nitrogens with one attached hydrogen (secondary N) is 1. The first-order valence-corrected chi connectivity index (χ1v) is 4.94. The molecular weight excluding hydrogens is 196 g/mol. The Kier molecular flexibility index (Phi) is 4.74. The number of primary amides is 1. The second-order valence-electron chi connectivity index (χ2n) is 4.59. The van der Waals surface area contributed by atoms with Crippen molar-refractivity contribution in [2.75, 3.05) is 0 Å². The minimum absolute atomic E-state index is 0.184. The van der Waals surface area contributed by atoms with Gasteiger partial charge in [-0.15, -0.1) is 0 Å². The summed E-state index contributed by atoms with van der Waals surface area (Å²) in [5, 5.41) is 11.9. The van der Waals surface area contributed by atoms with Gasteiger partial charge < -0.3 is 16.2 Å². The summed E-state index contributed by atoms with van der Waals surface area (Å²) in [6.07, 6.45) is 0.184. The maximum atomic E-state index is 10.8. The van der Waals surface area contributed by atoms with Gasteiger partial charge in [-0.25, -0.2) is 0 Å². The van der Waals surface area contributed by atoms with Gasteiger partial charge in [-0.2, -0.15) is 0 Å².